The molecular formula is C14H26N2O2. The highest BCUT2D eigenvalue weighted by atomic mass is 16.5. The number of carbonyl (C=O) groups excluding carboxylic acids is 1. The molecule has 2 N–H and O–H groups in total. The van der Waals surface area contributed by atoms with Gasteiger partial charge in [0.1, 0.15) is 0 Å². The molecule has 4 nitrogen and oxygen atoms in total. The van der Waals surface area contributed by atoms with Crippen LogP contribution in [-0.2, 0) is 9.53 Å². The fourth-order valence-corrected chi connectivity index (χ4v) is 3.62. The summed E-state index contributed by atoms with van der Waals surface area (Å²) in [5, 5.41) is 6.22. The summed E-state index contributed by atoms with van der Waals surface area (Å²) in [5.74, 6) is 2.80. The van der Waals surface area contributed by atoms with Crippen LogP contribution in [0.3, 0.4) is 0 Å². The van der Waals surface area contributed by atoms with Crippen LogP contribution < -0.4 is 10.6 Å². The number of rotatable bonds is 7. The Kier molecular flexibility index (Phi) is 5.01. The molecule has 0 saturated heterocycles. The maximum atomic E-state index is 11.6. The lowest BCUT2D eigenvalue weighted by atomic mass is 9.89. The summed E-state index contributed by atoms with van der Waals surface area (Å²) in [5.41, 5.74) is 0. The van der Waals surface area contributed by atoms with Crippen LogP contribution in [0.2, 0.25) is 0 Å². The predicted octanol–water partition coefficient (Wildman–Crippen LogP) is 1.16. The molecule has 0 aliphatic heterocycles. The fraction of sp³-hybridized carbons (Fsp3) is 0.929. The monoisotopic (exact) mass is 254 g/mol. The van der Waals surface area contributed by atoms with Crippen LogP contribution in [0, 0.1) is 17.8 Å². The second-order valence-electron chi connectivity index (χ2n) is 5.99. The van der Waals surface area contributed by atoms with Gasteiger partial charge in [-0.1, -0.05) is 6.42 Å². The third-order valence-corrected chi connectivity index (χ3v) is 4.40. The molecule has 2 rings (SSSR count). The number of nitrogens with one attached hydrogen (secondary N) is 2. The summed E-state index contributed by atoms with van der Waals surface area (Å²) in [6.07, 6.45) is 5.66. The van der Waals surface area contributed by atoms with E-state index in [1.165, 1.54) is 25.7 Å². The Morgan fingerprint density at radius 3 is 2.83 bits per heavy atom. The third-order valence-electron chi connectivity index (χ3n) is 4.40. The number of ether oxygens (including phenoxy) is 1. The van der Waals surface area contributed by atoms with Crippen molar-refractivity contribution in [2.75, 3.05) is 26.8 Å². The van der Waals surface area contributed by atoms with Crippen molar-refractivity contribution in [3.8, 4) is 0 Å². The average Bonchev–Trinajstić information content (AvgIpc) is 2.91. The van der Waals surface area contributed by atoms with E-state index in [-0.39, 0.29) is 11.9 Å². The summed E-state index contributed by atoms with van der Waals surface area (Å²) < 4.78 is 4.99. The Labute approximate surface area is 110 Å². The molecule has 2 aliphatic carbocycles. The van der Waals surface area contributed by atoms with Crippen molar-refractivity contribution in [3.63, 3.8) is 0 Å². The van der Waals surface area contributed by atoms with E-state index < -0.39 is 0 Å². The minimum Gasteiger partial charge on any atom is -0.383 e. The van der Waals surface area contributed by atoms with E-state index in [2.05, 4.69) is 10.6 Å². The summed E-state index contributed by atoms with van der Waals surface area (Å²) in [6, 6.07) is 0.0896. The van der Waals surface area contributed by atoms with E-state index in [1.54, 1.807) is 7.11 Å². The molecule has 0 aromatic rings. The quantitative estimate of drug-likeness (QED) is 0.717. The third kappa shape index (κ3) is 3.69. The van der Waals surface area contributed by atoms with E-state index in [0.29, 0.717) is 13.2 Å². The maximum Gasteiger partial charge on any atom is 0.234 e. The highest BCUT2D eigenvalue weighted by Crippen LogP contribution is 2.47. The SMILES string of the molecule is COCC(C)NC(=O)CNCC1CC2CCC1C2. The van der Waals surface area contributed by atoms with Gasteiger partial charge in [0.25, 0.3) is 0 Å². The summed E-state index contributed by atoms with van der Waals surface area (Å²) in [7, 11) is 1.65. The zero-order valence-electron chi connectivity index (χ0n) is 11.6. The number of fused-ring (bicyclic) bond motifs is 2. The van der Waals surface area contributed by atoms with Gasteiger partial charge in [0.05, 0.1) is 13.2 Å². The second-order valence-corrected chi connectivity index (χ2v) is 5.99. The molecule has 2 fully saturated rings. The summed E-state index contributed by atoms with van der Waals surface area (Å²) >= 11 is 0. The zero-order chi connectivity index (χ0) is 13.0. The molecular weight excluding hydrogens is 228 g/mol. The van der Waals surface area contributed by atoms with Crippen LogP contribution >= 0.6 is 0 Å². The van der Waals surface area contributed by atoms with Gasteiger partial charge in [-0.2, -0.15) is 0 Å². The van der Waals surface area contributed by atoms with Crippen LogP contribution in [0.25, 0.3) is 0 Å². The minimum atomic E-state index is 0.0720. The zero-order valence-corrected chi connectivity index (χ0v) is 11.6. The lowest BCUT2D eigenvalue weighted by Crippen LogP contribution is -2.42. The normalized spacial score (nSPS) is 31.6. The fourth-order valence-electron chi connectivity index (χ4n) is 3.62. The van der Waals surface area contributed by atoms with Gasteiger partial charge in [0.15, 0.2) is 0 Å². The molecule has 4 heteroatoms. The van der Waals surface area contributed by atoms with E-state index in [1.807, 2.05) is 6.92 Å². The Hall–Kier alpha value is -0.610. The first kappa shape index (κ1) is 13.8. The molecule has 18 heavy (non-hydrogen) atoms. The number of hydrogen-bond acceptors (Lipinski definition) is 3. The highest BCUT2D eigenvalue weighted by molar-refractivity contribution is 5.78. The van der Waals surface area contributed by atoms with Crippen molar-refractivity contribution >= 4 is 5.91 Å². The smallest absolute Gasteiger partial charge is 0.234 e. The molecule has 0 heterocycles. The van der Waals surface area contributed by atoms with Crippen molar-refractivity contribution in [3.05, 3.63) is 0 Å². The van der Waals surface area contributed by atoms with Crippen LogP contribution in [0.15, 0.2) is 0 Å². The molecule has 2 bridgehead atoms. The molecule has 0 aromatic heterocycles. The molecule has 0 aromatic carbocycles. The first-order chi connectivity index (χ1) is 8.69. The van der Waals surface area contributed by atoms with Gasteiger partial charge in [0.2, 0.25) is 5.91 Å². The van der Waals surface area contributed by atoms with Crippen LogP contribution in [-0.4, -0.2) is 38.8 Å². The summed E-state index contributed by atoms with van der Waals surface area (Å²) in [6.45, 7) is 3.96. The molecule has 0 spiro atoms. The number of methoxy groups -OCH3 is 1. The minimum absolute atomic E-state index is 0.0720. The van der Waals surface area contributed by atoms with Gasteiger partial charge >= 0.3 is 0 Å². The molecule has 104 valence electrons. The van der Waals surface area contributed by atoms with Gasteiger partial charge in [-0.25, -0.2) is 0 Å². The predicted molar refractivity (Wildman–Crippen MR) is 71.3 cm³/mol. The van der Waals surface area contributed by atoms with Crippen molar-refractivity contribution < 1.29 is 9.53 Å². The molecule has 2 saturated carbocycles. The molecule has 4 atom stereocenters. The largest absolute Gasteiger partial charge is 0.383 e. The Bertz CT molecular complexity index is 283. The van der Waals surface area contributed by atoms with Crippen LogP contribution in [0.1, 0.15) is 32.6 Å². The van der Waals surface area contributed by atoms with Gasteiger partial charge in [0, 0.05) is 13.2 Å². The average molecular weight is 254 g/mol. The lowest BCUT2D eigenvalue weighted by molar-refractivity contribution is -0.121. The number of hydrogen-bond donors (Lipinski definition) is 2. The van der Waals surface area contributed by atoms with Crippen molar-refractivity contribution in [2.24, 2.45) is 17.8 Å². The van der Waals surface area contributed by atoms with E-state index in [9.17, 15) is 4.79 Å². The van der Waals surface area contributed by atoms with Crippen molar-refractivity contribution in [1.82, 2.24) is 10.6 Å². The second kappa shape index (κ2) is 6.53. The molecule has 4 unspecified atom stereocenters. The highest BCUT2D eigenvalue weighted by Gasteiger charge is 2.38. The Morgan fingerprint density at radius 1 is 1.39 bits per heavy atom. The number of amides is 1. The molecule has 2 aliphatic rings. The van der Waals surface area contributed by atoms with Crippen molar-refractivity contribution in [1.29, 1.82) is 0 Å². The van der Waals surface area contributed by atoms with E-state index in [4.69, 9.17) is 4.74 Å². The van der Waals surface area contributed by atoms with Gasteiger partial charge in [-0.3, -0.25) is 4.79 Å². The van der Waals surface area contributed by atoms with Crippen LogP contribution in [0.5, 0.6) is 0 Å². The Balaban J connectivity index is 1.56. The first-order valence-corrected chi connectivity index (χ1v) is 7.18. The van der Waals surface area contributed by atoms with Gasteiger partial charge in [-0.15, -0.1) is 0 Å². The number of carbonyl (C=O) groups is 1. The molecule has 1 amide bonds. The molecule has 0 radical (unpaired) electrons. The summed E-state index contributed by atoms with van der Waals surface area (Å²) in [4.78, 5) is 11.6. The first-order valence-electron chi connectivity index (χ1n) is 7.18. The van der Waals surface area contributed by atoms with Gasteiger partial charge < -0.3 is 15.4 Å². The standard InChI is InChI=1S/C14H26N2O2/c1-10(9-18-2)16-14(17)8-15-7-13-6-11-3-4-12(13)5-11/h10-13,15H,3-9H2,1-2H3,(H,16,17). The topological polar surface area (TPSA) is 50.4 Å². The lowest BCUT2D eigenvalue weighted by Gasteiger charge is -2.22. The maximum absolute atomic E-state index is 11.6. The van der Waals surface area contributed by atoms with Gasteiger partial charge in [-0.05, 0) is 50.5 Å². The van der Waals surface area contributed by atoms with Crippen LogP contribution in [0.4, 0.5) is 0 Å². The van der Waals surface area contributed by atoms with E-state index in [0.717, 1.165) is 24.3 Å². The van der Waals surface area contributed by atoms with E-state index >= 15 is 0 Å². The van der Waals surface area contributed by atoms with Crippen molar-refractivity contribution in [2.45, 2.75) is 38.6 Å². The Morgan fingerprint density at radius 2 is 2.22 bits per heavy atom.